The van der Waals surface area contributed by atoms with Gasteiger partial charge in [-0.05, 0) is 66.3 Å². The van der Waals surface area contributed by atoms with Crippen LogP contribution >= 0.6 is 0 Å². The minimum Gasteiger partial charge on any atom is -0.207 e. The molecule has 0 bridgehead atoms. The van der Waals surface area contributed by atoms with E-state index in [-0.39, 0.29) is 5.56 Å². The van der Waals surface area contributed by atoms with E-state index in [0.717, 1.165) is 24.8 Å². The third kappa shape index (κ3) is 4.28. The highest BCUT2D eigenvalue weighted by atomic mass is 19.4. The average Bonchev–Trinajstić information content (AvgIpc) is 2.62. The molecule has 0 aliphatic heterocycles. The third-order valence-corrected chi connectivity index (χ3v) is 5.52. The molecule has 0 amide bonds. The van der Waals surface area contributed by atoms with E-state index in [1.54, 1.807) is 12.1 Å². The van der Waals surface area contributed by atoms with E-state index in [0.29, 0.717) is 17.5 Å². The summed E-state index contributed by atoms with van der Waals surface area (Å²) in [5, 5.41) is 0. The van der Waals surface area contributed by atoms with Crippen molar-refractivity contribution in [1.29, 1.82) is 0 Å². The van der Waals surface area contributed by atoms with Crippen LogP contribution in [0, 0.1) is 11.7 Å². The van der Waals surface area contributed by atoms with E-state index >= 15 is 0 Å². The Balaban J connectivity index is 1.79. The van der Waals surface area contributed by atoms with E-state index in [2.05, 4.69) is 6.92 Å². The summed E-state index contributed by atoms with van der Waals surface area (Å²) in [6, 6.07) is 10.2. The molecule has 0 N–H and O–H groups in total. The number of benzene rings is 2. The molecule has 0 heterocycles. The molecule has 0 aromatic heterocycles. The van der Waals surface area contributed by atoms with Crippen molar-refractivity contribution in [3.8, 4) is 11.1 Å². The maximum absolute atomic E-state index is 13.3. The Morgan fingerprint density at radius 2 is 1.58 bits per heavy atom. The quantitative estimate of drug-likeness (QED) is 0.490. The van der Waals surface area contributed by atoms with Crippen LogP contribution in [0.25, 0.3) is 11.1 Å². The Morgan fingerprint density at radius 3 is 2.15 bits per heavy atom. The van der Waals surface area contributed by atoms with Gasteiger partial charge in [0.05, 0.1) is 5.56 Å². The number of hydrogen-bond acceptors (Lipinski definition) is 0. The molecule has 0 atom stereocenters. The standard InChI is InChI=1S/C22H24F4/c1-2-3-15-4-6-16(7-5-15)17-8-10-18(11-9-17)20-13-12-19(23)14-21(20)22(24,25)26/h8-16H,2-7H2,1H3/t15-,16-. The van der Waals surface area contributed by atoms with Crippen LogP contribution in [-0.2, 0) is 6.18 Å². The summed E-state index contributed by atoms with van der Waals surface area (Å²) in [6.45, 7) is 2.22. The Morgan fingerprint density at radius 1 is 0.923 bits per heavy atom. The van der Waals surface area contributed by atoms with E-state index in [1.165, 1.54) is 37.3 Å². The summed E-state index contributed by atoms with van der Waals surface area (Å²) >= 11 is 0. The van der Waals surface area contributed by atoms with Crippen LogP contribution in [0.3, 0.4) is 0 Å². The fourth-order valence-electron chi connectivity index (χ4n) is 4.13. The molecule has 26 heavy (non-hydrogen) atoms. The van der Waals surface area contributed by atoms with E-state index in [1.807, 2.05) is 12.1 Å². The molecule has 3 rings (SSSR count). The van der Waals surface area contributed by atoms with Crippen molar-refractivity contribution >= 4 is 0 Å². The lowest BCUT2D eigenvalue weighted by Gasteiger charge is -2.28. The first-order valence-electron chi connectivity index (χ1n) is 9.35. The highest BCUT2D eigenvalue weighted by molar-refractivity contribution is 5.68. The van der Waals surface area contributed by atoms with Gasteiger partial charge in [0.25, 0.3) is 0 Å². The lowest BCUT2D eigenvalue weighted by Crippen LogP contribution is -2.13. The molecule has 1 aliphatic carbocycles. The molecule has 0 radical (unpaired) electrons. The van der Waals surface area contributed by atoms with Crippen molar-refractivity contribution in [1.82, 2.24) is 0 Å². The van der Waals surface area contributed by atoms with E-state index < -0.39 is 17.6 Å². The van der Waals surface area contributed by atoms with Gasteiger partial charge in [0.1, 0.15) is 5.82 Å². The summed E-state index contributed by atoms with van der Waals surface area (Å²) in [4.78, 5) is 0. The zero-order valence-corrected chi connectivity index (χ0v) is 15.0. The van der Waals surface area contributed by atoms with Gasteiger partial charge in [0.2, 0.25) is 0 Å². The topological polar surface area (TPSA) is 0 Å². The maximum Gasteiger partial charge on any atom is 0.417 e. The number of rotatable bonds is 4. The molecule has 0 unspecified atom stereocenters. The summed E-state index contributed by atoms with van der Waals surface area (Å²) in [6.07, 6.45) is 2.70. The van der Waals surface area contributed by atoms with Crippen LogP contribution in [0.15, 0.2) is 42.5 Å². The zero-order chi connectivity index (χ0) is 18.7. The van der Waals surface area contributed by atoms with Gasteiger partial charge < -0.3 is 0 Å². The fraction of sp³-hybridized carbons (Fsp3) is 0.455. The summed E-state index contributed by atoms with van der Waals surface area (Å²) in [5.74, 6) is 0.443. The number of halogens is 4. The first-order valence-corrected chi connectivity index (χ1v) is 9.35. The largest absolute Gasteiger partial charge is 0.417 e. The molecule has 2 aromatic carbocycles. The molecular formula is C22H24F4. The predicted octanol–water partition coefficient (Wildman–Crippen LogP) is 7.59. The second-order valence-electron chi connectivity index (χ2n) is 7.32. The average molecular weight is 364 g/mol. The van der Waals surface area contributed by atoms with Gasteiger partial charge in [-0.2, -0.15) is 13.2 Å². The van der Waals surface area contributed by atoms with Crippen LogP contribution < -0.4 is 0 Å². The van der Waals surface area contributed by atoms with Crippen LogP contribution in [0.2, 0.25) is 0 Å². The van der Waals surface area contributed by atoms with Crippen LogP contribution in [0.4, 0.5) is 17.6 Å². The van der Waals surface area contributed by atoms with Gasteiger partial charge >= 0.3 is 6.18 Å². The van der Waals surface area contributed by atoms with Crippen molar-refractivity contribution in [3.05, 3.63) is 59.4 Å². The highest BCUT2D eigenvalue weighted by Gasteiger charge is 2.34. The molecule has 140 valence electrons. The van der Waals surface area contributed by atoms with Crippen molar-refractivity contribution in [2.24, 2.45) is 5.92 Å². The molecule has 4 heteroatoms. The van der Waals surface area contributed by atoms with Crippen LogP contribution in [-0.4, -0.2) is 0 Å². The lowest BCUT2D eigenvalue weighted by molar-refractivity contribution is -0.137. The van der Waals surface area contributed by atoms with Crippen LogP contribution in [0.5, 0.6) is 0 Å². The predicted molar refractivity (Wildman–Crippen MR) is 96.4 cm³/mol. The molecule has 0 saturated heterocycles. The highest BCUT2D eigenvalue weighted by Crippen LogP contribution is 2.40. The molecule has 2 aromatic rings. The second kappa shape index (κ2) is 7.81. The van der Waals surface area contributed by atoms with Crippen molar-refractivity contribution in [3.63, 3.8) is 0 Å². The third-order valence-electron chi connectivity index (χ3n) is 5.52. The van der Waals surface area contributed by atoms with Crippen molar-refractivity contribution < 1.29 is 17.6 Å². The summed E-state index contributed by atoms with van der Waals surface area (Å²) < 4.78 is 52.9. The first-order chi connectivity index (χ1) is 12.4. The number of hydrogen-bond donors (Lipinski definition) is 0. The van der Waals surface area contributed by atoms with Gasteiger partial charge in [-0.3, -0.25) is 0 Å². The SMILES string of the molecule is CCC[C@H]1CC[C@H](c2ccc(-c3ccc(F)cc3C(F)(F)F)cc2)CC1. The Bertz CT molecular complexity index is 723. The van der Waals surface area contributed by atoms with Gasteiger partial charge in [0, 0.05) is 0 Å². The summed E-state index contributed by atoms with van der Waals surface area (Å²) in [7, 11) is 0. The fourth-order valence-corrected chi connectivity index (χ4v) is 4.13. The minimum atomic E-state index is -4.58. The Kier molecular flexibility index (Phi) is 5.69. The van der Waals surface area contributed by atoms with E-state index in [4.69, 9.17) is 0 Å². The smallest absolute Gasteiger partial charge is 0.207 e. The Hall–Kier alpha value is -1.84. The van der Waals surface area contributed by atoms with E-state index in [9.17, 15) is 17.6 Å². The normalized spacial score (nSPS) is 21.0. The van der Waals surface area contributed by atoms with Gasteiger partial charge in [-0.15, -0.1) is 0 Å². The van der Waals surface area contributed by atoms with Crippen molar-refractivity contribution in [2.75, 3.05) is 0 Å². The first kappa shape index (κ1) is 18.9. The minimum absolute atomic E-state index is 0.0251. The maximum atomic E-state index is 13.3. The monoisotopic (exact) mass is 364 g/mol. The second-order valence-corrected chi connectivity index (χ2v) is 7.32. The number of alkyl halides is 3. The molecular weight excluding hydrogens is 340 g/mol. The molecule has 0 nitrogen and oxygen atoms in total. The zero-order valence-electron chi connectivity index (χ0n) is 15.0. The van der Waals surface area contributed by atoms with Gasteiger partial charge in [-0.25, -0.2) is 4.39 Å². The van der Waals surface area contributed by atoms with Crippen molar-refractivity contribution in [2.45, 2.75) is 57.5 Å². The van der Waals surface area contributed by atoms with Gasteiger partial charge in [-0.1, -0.05) is 50.1 Å². The molecule has 1 fully saturated rings. The summed E-state index contributed by atoms with van der Waals surface area (Å²) in [5.41, 5.74) is 0.766. The van der Waals surface area contributed by atoms with Crippen LogP contribution in [0.1, 0.15) is 62.5 Å². The Labute approximate surface area is 152 Å². The lowest BCUT2D eigenvalue weighted by atomic mass is 9.77. The molecule has 1 aliphatic rings. The van der Waals surface area contributed by atoms with Gasteiger partial charge in [0.15, 0.2) is 0 Å². The molecule has 1 saturated carbocycles. The molecule has 0 spiro atoms.